The zero-order valence-corrected chi connectivity index (χ0v) is 11.5. The molecular formula is C14H27NO. The summed E-state index contributed by atoms with van der Waals surface area (Å²) in [6, 6.07) is 0. The molecule has 2 heteroatoms. The number of carbonyl (C=O) groups is 1. The topological polar surface area (TPSA) is 20.3 Å². The van der Waals surface area contributed by atoms with Crippen LogP contribution in [0.25, 0.3) is 0 Å². The Labute approximate surface area is 100 Å². The van der Waals surface area contributed by atoms with E-state index in [0.717, 1.165) is 25.9 Å². The lowest BCUT2D eigenvalue weighted by molar-refractivity contribution is -0.134. The number of hydrogen-bond acceptors (Lipinski definition) is 2. The number of carbonyl (C=O) groups excluding carboxylic acids is 1. The molecule has 1 unspecified atom stereocenters. The lowest BCUT2D eigenvalue weighted by Gasteiger charge is -2.35. The monoisotopic (exact) mass is 225 g/mol. The number of hydrogen-bond donors (Lipinski definition) is 0. The average molecular weight is 225 g/mol. The van der Waals surface area contributed by atoms with Gasteiger partial charge in [-0.2, -0.15) is 0 Å². The predicted molar refractivity (Wildman–Crippen MR) is 68.5 cm³/mol. The van der Waals surface area contributed by atoms with Crippen LogP contribution >= 0.6 is 0 Å². The van der Waals surface area contributed by atoms with E-state index < -0.39 is 0 Å². The Morgan fingerprint density at radius 2 is 2.06 bits per heavy atom. The second-order valence-electron chi connectivity index (χ2n) is 6.45. The van der Waals surface area contributed by atoms with E-state index in [2.05, 4.69) is 39.6 Å². The lowest BCUT2D eigenvalue weighted by atomic mass is 9.71. The molecular weight excluding hydrogens is 198 g/mol. The minimum Gasteiger partial charge on any atom is -0.305 e. The molecule has 0 amide bonds. The van der Waals surface area contributed by atoms with Crippen LogP contribution in [0.15, 0.2) is 0 Å². The number of ketones is 1. The smallest absolute Gasteiger partial charge is 0.142 e. The van der Waals surface area contributed by atoms with Gasteiger partial charge < -0.3 is 4.90 Å². The zero-order chi connectivity index (χ0) is 12.3. The first-order chi connectivity index (χ1) is 7.33. The minimum absolute atomic E-state index is 0.0818. The zero-order valence-electron chi connectivity index (χ0n) is 11.5. The third kappa shape index (κ3) is 3.58. The molecule has 2 nitrogen and oxygen atoms in total. The summed E-state index contributed by atoms with van der Waals surface area (Å²) in [7, 11) is 2.13. The molecule has 1 aliphatic carbocycles. The Kier molecular flexibility index (Phi) is 4.54. The van der Waals surface area contributed by atoms with Gasteiger partial charge in [-0.05, 0) is 25.8 Å². The Morgan fingerprint density at radius 3 is 2.62 bits per heavy atom. The summed E-state index contributed by atoms with van der Waals surface area (Å²) in [5.41, 5.74) is -0.0818. The van der Waals surface area contributed by atoms with Crippen LogP contribution in [0, 0.1) is 17.3 Å². The first-order valence-electron chi connectivity index (χ1n) is 6.56. The van der Waals surface area contributed by atoms with Crippen molar-refractivity contribution in [1.29, 1.82) is 0 Å². The Hall–Kier alpha value is -0.370. The van der Waals surface area contributed by atoms with Crippen LogP contribution in [-0.2, 0) is 4.79 Å². The highest BCUT2D eigenvalue weighted by Crippen LogP contribution is 2.35. The lowest BCUT2D eigenvalue weighted by Crippen LogP contribution is -2.41. The van der Waals surface area contributed by atoms with Gasteiger partial charge in [-0.15, -0.1) is 0 Å². The van der Waals surface area contributed by atoms with Crippen LogP contribution in [0.1, 0.15) is 47.0 Å². The normalized spacial score (nSPS) is 25.4. The van der Waals surface area contributed by atoms with Crippen LogP contribution in [0.5, 0.6) is 0 Å². The van der Waals surface area contributed by atoms with Crippen molar-refractivity contribution in [2.75, 3.05) is 20.1 Å². The maximum Gasteiger partial charge on any atom is 0.142 e. The van der Waals surface area contributed by atoms with Gasteiger partial charge in [-0.1, -0.05) is 34.1 Å². The maximum absolute atomic E-state index is 12.2. The van der Waals surface area contributed by atoms with Crippen molar-refractivity contribution in [3.8, 4) is 0 Å². The number of nitrogens with zero attached hydrogens (tertiary/aromatic N) is 1. The molecule has 0 aromatic heterocycles. The standard InChI is InChI=1S/C14H27NO/c1-11(2)9-15(5)10-12-7-6-8-14(3,4)13(12)16/h11-12H,6-10H2,1-5H3. The molecule has 1 fully saturated rings. The van der Waals surface area contributed by atoms with Gasteiger partial charge in [-0.3, -0.25) is 4.79 Å². The SMILES string of the molecule is CC(C)CN(C)CC1CCCC(C)(C)C1=O. The van der Waals surface area contributed by atoms with E-state index in [1.807, 2.05) is 0 Å². The third-order valence-electron chi connectivity index (χ3n) is 3.60. The van der Waals surface area contributed by atoms with Gasteiger partial charge >= 0.3 is 0 Å². The van der Waals surface area contributed by atoms with Gasteiger partial charge in [0.1, 0.15) is 5.78 Å². The summed E-state index contributed by atoms with van der Waals surface area (Å²) in [5, 5.41) is 0. The quantitative estimate of drug-likeness (QED) is 0.733. The van der Waals surface area contributed by atoms with Crippen molar-refractivity contribution in [2.45, 2.75) is 47.0 Å². The molecule has 94 valence electrons. The van der Waals surface area contributed by atoms with Crippen molar-refractivity contribution in [1.82, 2.24) is 4.90 Å². The van der Waals surface area contributed by atoms with Gasteiger partial charge in [0.25, 0.3) is 0 Å². The van der Waals surface area contributed by atoms with E-state index in [-0.39, 0.29) is 11.3 Å². The van der Waals surface area contributed by atoms with E-state index in [1.54, 1.807) is 0 Å². The van der Waals surface area contributed by atoms with Crippen LogP contribution in [0.4, 0.5) is 0 Å². The van der Waals surface area contributed by atoms with Crippen LogP contribution in [-0.4, -0.2) is 30.8 Å². The maximum atomic E-state index is 12.2. The van der Waals surface area contributed by atoms with E-state index in [1.165, 1.54) is 6.42 Å². The molecule has 0 bridgehead atoms. The number of rotatable bonds is 4. The molecule has 0 spiro atoms. The molecule has 0 aromatic rings. The summed E-state index contributed by atoms with van der Waals surface area (Å²) < 4.78 is 0. The molecule has 0 aliphatic heterocycles. The van der Waals surface area contributed by atoms with Crippen LogP contribution < -0.4 is 0 Å². The highest BCUT2D eigenvalue weighted by Gasteiger charge is 2.37. The fourth-order valence-electron chi connectivity index (χ4n) is 2.85. The second-order valence-corrected chi connectivity index (χ2v) is 6.45. The second kappa shape index (κ2) is 5.31. The van der Waals surface area contributed by atoms with E-state index in [0.29, 0.717) is 11.7 Å². The van der Waals surface area contributed by atoms with Crippen molar-refractivity contribution >= 4 is 5.78 Å². The highest BCUT2D eigenvalue weighted by molar-refractivity contribution is 5.87. The molecule has 1 aliphatic rings. The first-order valence-corrected chi connectivity index (χ1v) is 6.56. The van der Waals surface area contributed by atoms with Gasteiger partial charge in [0.15, 0.2) is 0 Å². The van der Waals surface area contributed by atoms with Gasteiger partial charge in [-0.25, -0.2) is 0 Å². The van der Waals surface area contributed by atoms with Crippen molar-refractivity contribution < 1.29 is 4.79 Å². The Bertz CT molecular complexity index is 245. The number of Topliss-reactive ketones (excluding diaryl/α,β-unsaturated/α-hetero) is 1. The minimum atomic E-state index is -0.0818. The molecule has 0 radical (unpaired) electrons. The van der Waals surface area contributed by atoms with Gasteiger partial charge in [0.2, 0.25) is 0 Å². The summed E-state index contributed by atoms with van der Waals surface area (Å²) in [4.78, 5) is 14.6. The van der Waals surface area contributed by atoms with E-state index in [9.17, 15) is 4.79 Å². The summed E-state index contributed by atoms with van der Waals surface area (Å²) in [6.07, 6.45) is 3.36. The van der Waals surface area contributed by atoms with Crippen LogP contribution in [0.2, 0.25) is 0 Å². The van der Waals surface area contributed by atoms with Gasteiger partial charge in [0.05, 0.1) is 0 Å². The van der Waals surface area contributed by atoms with E-state index in [4.69, 9.17) is 0 Å². The first kappa shape index (κ1) is 13.7. The molecule has 1 atom stereocenters. The van der Waals surface area contributed by atoms with Crippen molar-refractivity contribution in [2.24, 2.45) is 17.3 Å². The average Bonchev–Trinajstić information content (AvgIpc) is 2.11. The largest absolute Gasteiger partial charge is 0.305 e. The highest BCUT2D eigenvalue weighted by atomic mass is 16.1. The summed E-state index contributed by atoms with van der Waals surface area (Å²) >= 11 is 0. The molecule has 0 heterocycles. The summed E-state index contributed by atoms with van der Waals surface area (Å²) in [6.45, 7) is 10.7. The Balaban J connectivity index is 2.50. The van der Waals surface area contributed by atoms with Crippen molar-refractivity contribution in [3.63, 3.8) is 0 Å². The Morgan fingerprint density at radius 1 is 1.44 bits per heavy atom. The molecule has 16 heavy (non-hydrogen) atoms. The fourth-order valence-corrected chi connectivity index (χ4v) is 2.85. The predicted octanol–water partition coefficient (Wildman–Crippen LogP) is 2.97. The van der Waals surface area contributed by atoms with Crippen LogP contribution in [0.3, 0.4) is 0 Å². The molecule has 1 saturated carbocycles. The summed E-state index contributed by atoms with van der Waals surface area (Å²) in [5.74, 6) is 1.43. The molecule has 0 aromatic carbocycles. The molecule has 0 N–H and O–H groups in total. The fraction of sp³-hybridized carbons (Fsp3) is 0.929. The molecule has 1 rings (SSSR count). The third-order valence-corrected chi connectivity index (χ3v) is 3.60. The van der Waals surface area contributed by atoms with Crippen molar-refractivity contribution in [3.05, 3.63) is 0 Å². The van der Waals surface area contributed by atoms with Gasteiger partial charge in [0, 0.05) is 24.4 Å². The van der Waals surface area contributed by atoms with E-state index >= 15 is 0 Å². The molecule has 0 saturated heterocycles.